The molecule has 1 unspecified atom stereocenters. The lowest BCUT2D eigenvalue weighted by Gasteiger charge is -2.24. The van der Waals surface area contributed by atoms with Gasteiger partial charge in [-0.1, -0.05) is 37.5 Å². The van der Waals surface area contributed by atoms with Crippen LogP contribution in [0, 0.1) is 0 Å². The third kappa shape index (κ3) is 3.27. The molecule has 0 heterocycles. The summed E-state index contributed by atoms with van der Waals surface area (Å²) < 4.78 is 5.70. The SMILES string of the molecule is OP(OC1CCCCC1)c1ccccc1. The van der Waals surface area contributed by atoms with E-state index in [9.17, 15) is 4.89 Å². The van der Waals surface area contributed by atoms with Crippen LogP contribution < -0.4 is 5.30 Å². The van der Waals surface area contributed by atoms with Gasteiger partial charge in [-0.25, -0.2) is 0 Å². The van der Waals surface area contributed by atoms with E-state index in [-0.39, 0.29) is 6.10 Å². The van der Waals surface area contributed by atoms with Gasteiger partial charge in [-0.3, -0.25) is 0 Å². The summed E-state index contributed by atoms with van der Waals surface area (Å²) in [5.74, 6) is 0. The number of hydrogen-bond donors (Lipinski definition) is 1. The zero-order valence-electron chi connectivity index (χ0n) is 8.80. The van der Waals surface area contributed by atoms with E-state index in [0.29, 0.717) is 0 Å². The molecule has 0 saturated heterocycles. The van der Waals surface area contributed by atoms with Gasteiger partial charge in [0.15, 0.2) is 0 Å². The molecule has 0 bridgehead atoms. The molecule has 1 atom stereocenters. The summed E-state index contributed by atoms with van der Waals surface area (Å²) in [7, 11) is -1.40. The summed E-state index contributed by atoms with van der Waals surface area (Å²) in [6, 6.07) is 9.67. The van der Waals surface area contributed by atoms with Gasteiger partial charge in [-0.2, -0.15) is 0 Å². The minimum atomic E-state index is -1.40. The summed E-state index contributed by atoms with van der Waals surface area (Å²) in [5.41, 5.74) is 0. The number of benzene rings is 1. The van der Waals surface area contributed by atoms with Crippen LogP contribution in [0.4, 0.5) is 0 Å². The summed E-state index contributed by atoms with van der Waals surface area (Å²) in [6.07, 6.45) is 6.27. The normalized spacial score (nSPS) is 20.1. The number of rotatable bonds is 3. The van der Waals surface area contributed by atoms with Crippen molar-refractivity contribution in [2.45, 2.75) is 38.2 Å². The van der Waals surface area contributed by atoms with Crippen LogP contribution in [0.5, 0.6) is 0 Å². The molecule has 2 nitrogen and oxygen atoms in total. The van der Waals surface area contributed by atoms with Gasteiger partial charge in [0.2, 0.25) is 8.38 Å². The molecule has 1 aliphatic carbocycles. The Hall–Kier alpha value is -0.430. The first-order chi connectivity index (χ1) is 7.36. The second-order valence-corrected chi connectivity index (χ2v) is 5.25. The average molecular weight is 224 g/mol. The Morgan fingerprint density at radius 3 is 2.40 bits per heavy atom. The lowest BCUT2D eigenvalue weighted by molar-refractivity contribution is 0.159. The summed E-state index contributed by atoms with van der Waals surface area (Å²) in [5, 5.41) is 0.915. The van der Waals surface area contributed by atoms with E-state index in [0.717, 1.165) is 18.1 Å². The lowest BCUT2D eigenvalue weighted by atomic mass is 9.98. The van der Waals surface area contributed by atoms with E-state index in [1.807, 2.05) is 30.3 Å². The quantitative estimate of drug-likeness (QED) is 0.800. The van der Waals surface area contributed by atoms with Crippen molar-refractivity contribution in [2.24, 2.45) is 0 Å². The Bertz CT molecular complexity index is 283. The summed E-state index contributed by atoms with van der Waals surface area (Å²) in [4.78, 5) is 9.92. The maximum absolute atomic E-state index is 9.92. The molecule has 0 spiro atoms. The summed E-state index contributed by atoms with van der Waals surface area (Å²) in [6.45, 7) is 0. The second kappa shape index (κ2) is 5.60. The first-order valence-corrected chi connectivity index (χ1v) is 6.78. The second-order valence-electron chi connectivity index (χ2n) is 3.97. The van der Waals surface area contributed by atoms with Gasteiger partial charge >= 0.3 is 0 Å². The van der Waals surface area contributed by atoms with Crippen molar-refractivity contribution in [1.82, 2.24) is 0 Å². The third-order valence-corrected chi connectivity index (χ3v) is 4.02. The predicted molar refractivity (Wildman–Crippen MR) is 63.2 cm³/mol. The van der Waals surface area contributed by atoms with E-state index in [1.165, 1.54) is 19.3 Å². The lowest BCUT2D eigenvalue weighted by Crippen LogP contribution is -2.16. The van der Waals surface area contributed by atoms with Gasteiger partial charge < -0.3 is 9.42 Å². The van der Waals surface area contributed by atoms with Gasteiger partial charge in [0.05, 0.1) is 6.10 Å². The first-order valence-electron chi connectivity index (χ1n) is 5.57. The highest BCUT2D eigenvalue weighted by molar-refractivity contribution is 7.55. The highest BCUT2D eigenvalue weighted by atomic mass is 31.2. The van der Waals surface area contributed by atoms with Crippen molar-refractivity contribution in [3.8, 4) is 0 Å². The maximum Gasteiger partial charge on any atom is 0.202 e. The topological polar surface area (TPSA) is 29.5 Å². The molecule has 1 fully saturated rings. The van der Waals surface area contributed by atoms with Crippen molar-refractivity contribution in [3.63, 3.8) is 0 Å². The van der Waals surface area contributed by atoms with Gasteiger partial charge in [0, 0.05) is 5.30 Å². The molecule has 3 heteroatoms. The molecule has 15 heavy (non-hydrogen) atoms. The van der Waals surface area contributed by atoms with Crippen LogP contribution >= 0.6 is 8.38 Å². The Morgan fingerprint density at radius 1 is 1.07 bits per heavy atom. The van der Waals surface area contributed by atoms with Crippen LogP contribution in [0.2, 0.25) is 0 Å². The first kappa shape index (κ1) is 11.1. The molecule has 1 saturated carbocycles. The monoisotopic (exact) mass is 224 g/mol. The smallest absolute Gasteiger partial charge is 0.202 e. The van der Waals surface area contributed by atoms with Crippen LogP contribution in [0.25, 0.3) is 0 Å². The van der Waals surface area contributed by atoms with Crippen LogP contribution in [0.15, 0.2) is 30.3 Å². The molecule has 1 aliphatic rings. The van der Waals surface area contributed by atoms with Crippen molar-refractivity contribution < 1.29 is 9.42 Å². The van der Waals surface area contributed by atoms with Crippen molar-refractivity contribution in [2.75, 3.05) is 0 Å². The fourth-order valence-corrected chi connectivity index (χ4v) is 2.97. The minimum Gasteiger partial charge on any atom is -0.346 e. The highest BCUT2D eigenvalue weighted by Gasteiger charge is 2.19. The van der Waals surface area contributed by atoms with E-state index >= 15 is 0 Å². The molecule has 82 valence electrons. The fourth-order valence-electron chi connectivity index (χ4n) is 1.93. The van der Waals surface area contributed by atoms with Gasteiger partial charge in [0.1, 0.15) is 0 Å². The van der Waals surface area contributed by atoms with Crippen molar-refractivity contribution >= 4 is 13.7 Å². The van der Waals surface area contributed by atoms with E-state index in [4.69, 9.17) is 4.52 Å². The Kier molecular flexibility index (Phi) is 4.13. The van der Waals surface area contributed by atoms with Crippen molar-refractivity contribution in [3.05, 3.63) is 30.3 Å². The number of hydrogen-bond acceptors (Lipinski definition) is 2. The van der Waals surface area contributed by atoms with Crippen molar-refractivity contribution in [1.29, 1.82) is 0 Å². The largest absolute Gasteiger partial charge is 0.346 e. The van der Waals surface area contributed by atoms with Crippen LogP contribution in [0.3, 0.4) is 0 Å². The van der Waals surface area contributed by atoms with Gasteiger partial charge in [-0.15, -0.1) is 0 Å². The summed E-state index contributed by atoms with van der Waals surface area (Å²) >= 11 is 0. The molecule has 1 aromatic rings. The molecule has 0 radical (unpaired) electrons. The Labute approximate surface area is 92.2 Å². The Balaban J connectivity index is 1.88. The van der Waals surface area contributed by atoms with E-state index in [2.05, 4.69) is 0 Å². The van der Waals surface area contributed by atoms with E-state index < -0.39 is 8.38 Å². The standard InChI is InChI=1S/C12H17O2P/c13-15(12-9-5-2-6-10-12)14-11-7-3-1-4-8-11/h2,5-6,9-11,13H,1,3-4,7-8H2. The average Bonchev–Trinajstić information content (AvgIpc) is 2.31. The van der Waals surface area contributed by atoms with E-state index in [1.54, 1.807) is 0 Å². The molecule has 0 amide bonds. The minimum absolute atomic E-state index is 0.273. The molecule has 1 N–H and O–H groups in total. The molecule has 2 rings (SSSR count). The third-order valence-electron chi connectivity index (χ3n) is 2.78. The zero-order valence-corrected chi connectivity index (χ0v) is 9.70. The van der Waals surface area contributed by atoms with Gasteiger partial charge in [-0.05, 0) is 25.0 Å². The van der Waals surface area contributed by atoms with Gasteiger partial charge in [0.25, 0.3) is 0 Å². The molecular weight excluding hydrogens is 207 g/mol. The van der Waals surface area contributed by atoms with Crippen LogP contribution in [-0.4, -0.2) is 11.0 Å². The zero-order chi connectivity index (χ0) is 10.5. The van der Waals surface area contributed by atoms with Crippen LogP contribution in [-0.2, 0) is 4.52 Å². The molecule has 0 aliphatic heterocycles. The van der Waals surface area contributed by atoms with Crippen LogP contribution in [0.1, 0.15) is 32.1 Å². The molecular formula is C12H17O2P. The maximum atomic E-state index is 9.92. The molecule has 0 aromatic heterocycles. The molecule has 1 aromatic carbocycles. The predicted octanol–water partition coefficient (Wildman–Crippen LogP) is 2.97. The highest BCUT2D eigenvalue weighted by Crippen LogP contribution is 2.36. The fraction of sp³-hybridized carbons (Fsp3) is 0.500. The Morgan fingerprint density at radius 2 is 1.73 bits per heavy atom.